The molecule has 228 valence electrons. The summed E-state index contributed by atoms with van der Waals surface area (Å²) in [4.78, 5) is 0. The van der Waals surface area contributed by atoms with E-state index in [4.69, 9.17) is 5.73 Å². The Morgan fingerprint density at radius 2 is 0.848 bits per heavy atom. The van der Waals surface area contributed by atoms with Crippen LogP contribution in [0, 0.1) is 0 Å². The maximum Gasteiger partial charge on any atom is 0.0713 e. The molecule has 0 aliphatic heterocycles. The number of hydrogen-bond acceptors (Lipinski definition) is 1. The molecular weight excluding hydrogens is 555 g/mol. The monoisotopic (exact) mass is 597 g/mol. The van der Waals surface area contributed by atoms with Crippen LogP contribution in [0.1, 0.15) is 74.9 Å². The van der Waals surface area contributed by atoms with Crippen molar-refractivity contribution in [2.75, 3.05) is 5.73 Å². The molecule has 1 heteroatoms. The minimum atomic E-state index is -0.406. The Bertz CT molecular complexity index is 1970. The number of nitrogens with two attached hydrogens (primary N) is 1. The van der Waals surface area contributed by atoms with Gasteiger partial charge in [-0.15, -0.1) is 0 Å². The van der Waals surface area contributed by atoms with Crippen LogP contribution in [-0.4, -0.2) is 0 Å². The lowest BCUT2D eigenvalue weighted by molar-refractivity contribution is 0.569. The van der Waals surface area contributed by atoms with Gasteiger partial charge in [-0.1, -0.05) is 181 Å². The number of fused-ring (bicyclic) bond motifs is 3. The molecule has 0 atom stereocenters. The van der Waals surface area contributed by atoms with Crippen molar-refractivity contribution >= 4 is 5.69 Å². The van der Waals surface area contributed by atoms with E-state index < -0.39 is 5.41 Å². The summed E-state index contributed by atoms with van der Waals surface area (Å²) < 4.78 is 0. The van der Waals surface area contributed by atoms with Crippen LogP contribution >= 0.6 is 0 Å². The first kappa shape index (κ1) is 29.8. The third-order valence-electron chi connectivity index (χ3n) is 9.87. The number of nitrogen functional groups attached to an aromatic ring is 1. The van der Waals surface area contributed by atoms with Crippen molar-refractivity contribution < 1.29 is 0 Å². The maximum atomic E-state index is 7.07. The molecule has 0 saturated heterocycles. The summed E-state index contributed by atoms with van der Waals surface area (Å²) in [6.45, 7) is 13.7. The number of anilines is 1. The molecule has 0 amide bonds. The highest BCUT2D eigenvalue weighted by Crippen LogP contribution is 2.56. The molecule has 0 aromatic heterocycles. The van der Waals surface area contributed by atoms with E-state index in [1.165, 1.54) is 50.1 Å². The van der Waals surface area contributed by atoms with Gasteiger partial charge in [0.05, 0.1) is 5.41 Å². The van der Waals surface area contributed by atoms with Crippen LogP contribution < -0.4 is 5.73 Å². The lowest BCUT2D eigenvalue weighted by Gasteiger charge is -2.34. The first-order valence-corrected chi connectivity index (χ1v) is 16.4. The Morgan fingerprint density at radius 3 is 1.37 bits per heavy atom. The Balaban J connectivity index is 1.37. The topological polar surface area (TPSA) is 26.0 Å². The van der Waals surface area contributed by atoms with Gasteiger partial charge in [-0.2, -0.15) is 0 Å². The summed E-state index contributed by atoms with van der Waals surface area (Å²) in [7, 11) is 0. The number of benzene rings is 6. The zero-order valence-corrected chi connectivity index (χ0v) is 27.9. The summed E-state index contributed by atoms with van der Waals surface area (Å²) in [5, 5.41) is 0. The van der Waals surface area contributed by atoms with Gasteiger partial charge in [0, 0.05) is 16.8 Å². The number of para-hydroxylation sites is 1. The van der Waals surface area contributed by atoms with E-state index in [0.29, 0.717) is 0 Å². The molecule has 0 radical (unpaired) electrons. The lowest BCUT2D eigenvalue weighted by atomic mass is 9.67. The van der Waals surface area contributed by atoms with Gasteiger partial charge < -0.3 is 5.73 Å². The Labute approximate surface area is 274 Å². The third-order valence-corrected chi connectivity index (χ3v) is 9.87. The third kappa shape index (κ3) is 4.77. The molecule has 1 aliphatic rings. The molecule has 2 N–H and O–H groups in total. The van der Waals surface area contributed by atoms with E-state index in [9.17, 15) is 0 Å². The standard InChI is InChI=1S/C45H43N/c1-43(2,3)34-27-31(28-35(29-34)44(4,5)6)37-20-14-19-36(42(37)46)30-23-25-33(26-24-30)45(32-15-8-7-9-16-32)40-21-12-10-17-38(40)39-18-11-13-22-41(39)45/h7-29H,46H2,1-6H3. The Kier molecular flexibility index (Phi) is 7.05. The molecule has 0 fully saturated rings. The second-order valence-corrected chi connectivity index (χ2v) is 14.9. The van der Waals surface area contributed by atoms with Gasteiger partial charge in [0.25, 0.3) is 0 Å². The van der Waals surface area contributed by atoms with Gasteiger partial charge >= 0.3 is 0 Å². The normalized spacial score (nSPS) is 13.7. The van der Waals surface area contributed by atoms with Crippen LogP contribution in [0.15, 0.2) is 140 Å². The van der Waals surface area contributed by atoms with Gasteiger partial charge in [-0.3, -0.25) is 0 Å². The predicted octanol–water partition coefficient (Wildman–Crippen LogP) is 11.6. The quantitative estimate of drug-likeness (QED) is 0.201. The highest BCUT2D eigenvalue weighted by Gasteiger charge is 2.45. The maximum absolute atomic E-state index is 7.07. The van der Waals surface area contributed by atoms with E-state index in [0.717, 1.165) is 22.4 Å². The van der Waals surface area contributed by atoms with Gasteiger partial charge in [0.1, 0.15) is 0 Å². The summed E-state index contributed by atoms with van der Waals surface area (Å²) in [5.74, 6) is 0. The van der Waals surface area contributed by atoms with Crippen molar-refractivity contribution in [1.82, 2.24) is 0 Å². The average Bonchev–Trinajstić information content (AvgIpc) is 3.36. The van der Waals surface area contributed by atoms with Crippen LogP contribution in [0.4, 0.5) is 5.69 Å². The molecular formula is C45H43N. The van der Waals surface area contributed by atoms with E-state index >= 15 is 0 Å². The van der Waals surface area contributed by atoms with Crippen LogP contribution in [0.25, 0.3) is 33.4 Å². The van der Waals surface area contributed by atoms with Crippen molar-refractivity contribution in [2.24, 2.45) is 0 Å². The molecule has 0 spiro atoms. The van der Waals surface area contributed by atoms with Crippen molar-refractivity contribution in [3.05, 3.63) is 173 Å². The number of hydrogen-bond donors (Lipinski definition) is 1. The molecule has 0 saturated carbocycles. The lowest BCUT2D eigenvalue weighted by Crippen LogP contribution is -2.28. The first-order valence-electron chi connectivity index (χ1n) is 16.4. The molecule has 0 unspecified atom stereocenters. The van der Waals surface area contributed by atoms with Crippen molar-refractivity contribution in [3.8, 4) is 33.4 Å². The van der Waals surface area contributed by atoms with Crippen molar-refractivity contribution in [3.63, 3.8) is 0 Å². The van der Waals surface area contributed by atoms with Crippen molar-refractivity contribution in [2.45, 2.75) is 57.8 Å². The van der Waals surface area contributed by atoms with E-state index in [2.05, 4.69) is 181 Å². The van der Waals surface area contributed by atoms with Gasteiger partial charge in [0.2, 0.25) is 0 Å². The smallest absolute Gasteiger partial charge is 0.0713 e. The average molecular weight is 598 g/mol. The molecule has 0 bridgehead atoms. The largest absolute Gasteiger partial charge is 0.398 e. The molecule has 6 aromatic rings. The summed E-state index contributed by atoms with van der Waals surface area (Å²) in [6, 6.07) is 51.3. The van der Waals surface area contributed by atoms with Crippen LogP contribution in [0.3, 0.4) is 0 Å². The predicted molar refractivity (Wildman–Crippen MR) is 196 cm³/mol. The van der Waals surface area contributed by atoms with Gasteiger partial charge in [-0.25, -0.2) is 0 Å². The van der Waals surface area contributed by atoms with E-state index in [-0.39, 0.29) is 10.8 Å². The van der Waals surface area contributed by atoms with E-state index in [1.807, 2.05) is 0 Å². The Morgan fingerprint density at radius 1 is 0.413 bits per heavy atom. The fourth-order valence-electron chi connectivity index (χ4n) is 7.33. The fourth-order valence-corrected chi connectivity index (χ4v) is 7.33. The molecule has 0 heterocycles. The Hall–Kier alpha value is -4.88. The summed E-state index contributed by atoms with van der Waals surface area (Å²) in [6.07, 6.45) is 0. The zero-order chi connectivity index (χ0) is 32.3. The SMILES string of the molecule is CC(C)(C)c1cc(-c2cccc(-c3ccc(C4(c5ccccc5)c5ccccc5-c5ccccc54)cc3)c2N)cc(C(C)(C)C)c1. The minimum Gasteiger partial charge on any atom is -0.398 e. The molecule has 1 aliphatic carbocycles. The van der Waals surface area contributed by atoms with Gasteiger partial charge in [-0.05, 0) is 66.5 Å². The summed E-state index contributed by atoms with van der Waals surface area (Å²) in [5.41, 5.74) is 22.4. The summed E-state index contributed by atoms with van der Waals surface area (Å²) >= 11 is 0. The molecule has 1 nitrogen and oxygen atoms in total. The molecule has 6 aromatic carbocycles. The second-order valence-electron chi connectivity index (χ2n) is 14.9. The highest BCUT2D eigenvalue weighted by molar-refractivity contribution is 5.90. The number of rotatable bonds is 4. The van der Waals surface area contributed by atoms with E-state index in [1.54, 1.807) is 0 Å². The van der Waals surface area contributed by atoms with Crippen LogP contribution in [-0.2, 0) is 16.2 Å². The van der Waals surface area contributed by atoms with Crippen molar-refractivity contribution in [1.29, 1.82) is 0 Å². The van der Waals surface area contributed by atoms with Crippen LogP contribution in [0.5, 0.6) is 0 Å². The molecule has 7 rings (SSSR count). The zero-order valence-electron chi connectivity index (χ0n) is 27.9. The second kappa shape index (κ2) is 10.9. The van der Waals surface area contributed by atoms with Crippen LogP contribution in [0.2, 0.25) is 0 Å². The molecule has 46 heavy (non-hydrogen) atoms. The van der Waals surface area contributed by atoms with Gasteiger partial charge in [0.15, 0.2) is 0 Å². The minimum absolute atomic E-state index is 0.0321. The highest BCUT2D eigenvalue weighted by atomic mass is 14.6. The fraction of sp³-hybridized carbons (Fsp3) is 0.200. The first-order chi connectivity index (χ1) is 22.0.